The maximum Gasteiger partial charge on any atom is 0.187 e. The summed E-state index contributed by atoms with van der Waals surface area (Å²) in [6, 6.07) is 159. The topological polar surface area (TPSA) is 90.4 Å². The quantitative estimate of drug-likeness (QED) is 0.101. The summed E-state index contributed by atoms with van der Waals surface area (Å²) in [5.74, 6) is 2.09. The molecule has 0 N–H and O–H groups in total. The molecule has 9 nitrogen and oxygen atoms in total. The highest BCUT2D eigenvalue weighted by Gasteiger charge is 2.39. The summed E-state index contributed by atoms with van der Waals surface area (Å²) >= 11 is 0. The number of hydrogen-bond donors (Lipinski definition) is 0. The predicted molar refractivity (Wildman–Crippen MR) is 589 cm³/mol. The van der Waals surface area contributed by atoms with Crippen LogP contribution in [-0.4, -0.2) is 29.9 Å². The first-order valence-corrected chi connectivity index (χ1v) is 48.3. The summed E-state index contributed by atoms with van der Waals surface area (Å²) in [6.07, 6.45) is 0. The number of fused-ring (bicyclic) bond motifs is 11. The Labute approximate surface area is 833 Å². The zero-order chi connectivity index (χ0) is 97.0. The van der Waals surface area contributed by atoms with E-state index in [4.69, 9.17) is 49.6 Å². The highest BCUT2D eigenvalue weighted by Crippen LogP contribution is 2.55. The highest BCUT2D eigenvalue weighted by atomic mass is 14.9. The smallest absolute Gasteiger partial charge is 0.187 e. The van der Waals surface area contributed by atoms with Crippen molar-refractivity contribution in [3.05, 3.63) is 523 Å². The molecule has 674 valence electrons. The molecule has 0 unspecified atom stereocenters. The van der Waals surface area contributed by atoms with Crippen LogP contribution in [0, 0.1) is 19.7 Å². The van der Waals surface area contributed by atoms with Gasteiger partial charge in [0.25, 0.3) is 0 Å². The number of hydrogen-bond acceptors (Lipinski definition) is 6. The van der Waals surface area contributed by atoms with Crippen LogP contribution in [0.1, 0.15) is 74.9 Å². The lowest BCUT2D eigenvalue weighted by Crippen LogP contribution is -2.14. The molecule has 3 aliphatic carbocycles. The van der Waals surface area contributed by atoms with Gasteiger partial charge < -0.3 is 0 Å². The lowest BCUT2D eigenvalue weighted by atomic mass is 9.82. The Morgan fingerprint density at radius 2 is 0.399 bits per heavy atom. The van der Waals surface area contributed by atoms with Gasteiger partial charge in [-0.2, -0.15) is 0 Å². The third-order valence-corrected chi connectivity index (χ3v) is 28.7. The van der Waals surface area contributed by atoms with Gasteiger partial charge in [0.2, 0.25) is 0 Å². The summed E-state index contributed by atoms with van der Waals surface area (Å²) in [5, 5.41) is 4.73. The first-order valence-electron chi connectivity index (χ1n) is 48.3. The number of nitrogens with zero attached hydrogens (tertiary/aromatic N) is 9. The predicted octanol–water partition coefficient (Wildman–Crippen LogP) is 35.6. The zero-order valence-electron chi connectivity index (χ0n) is 79.8. The second kappa shape index (κ2) is 36.7. The van der Waals surface area contributed by atoms with Gasteiger partial charge in [-0.1, -0.05) is 412 Å². The molecule has 143 heavy (non-hydrogen) atoms. The largest absolute Gasteiger partial charge is 0.238 e. The highest BCUT2D eigenvalue weighted by molar-refractivity contribution is 5.95. The second-order valence-electron chi connectivity index (χ2n) is 38.5. The molecule has 3 aliphatic rings. The van der Waals surface area contributed by atoms with Crippen LogP contribution in [-0.2, 0) is 16.2 Å². The van der Waals surface area contributed by atoms with Gasteiger partial charge in [-0.25, -0.2) is 44.4 Å². The number of aromatic nitrogens is 6. The summed E-state index contributed by atoms with van der Waals surface area (Å²) in [6.45, 7) is 36.4. The zero-order valence-corrected chi connectivity index (χ0v) is 79.8. The van der Waals surface area contributed by atoms with E-state index in [9.17, 15) is 0 Å². The Morgan fingerprint density at radius 1 is 0.154 bits per heavy atom. The SMILES string of the molecule is [C-]#[N+]c1ccc2c(c1)-c1cc(-c3cccc(-c4cc(-c5ccc(-c6ccccc6)cc5)nc(-c5ccccc5)n4)c3)ccc1C2(C)C.[C-]#[N+]c1ccc2c(c1)-c1cc(-c3cccc(-c4cc(-c5ccc6ccccc6c5)nc(-c5ccc6ccccc6c5)n4)c3)ccc1C2(C)C.[C-]#[N+]c1ccc2c(c1)-c1cc(-c3cccc(-c4cc(-c5ccccc5-c5ccccc5)nc(-c5ccccc5)n4)c3)ccc1C2(C)C. The third-order valence-electron chi connectivity index (χ3n) is 28.7. The fourth-order valence-electron chi connectivity index (χ4n) is 21.1. The Kier molecular flexibility index (Phi) is 22.7. The van der Waals surface area contributed by atoms with Crippen LogP contribution in [0.15, 0.2) is 455 Å². The van der Waals surface area contributed by atoms with E-state index in [1.54, 1.807) is 0 Å². The van der Waals surface area contributed by atoms with E-state index in [0.29, 0.717) is 34.5 Å². The average molecular weight is 1830 g/mol. The third kappa shape index (κ3) is 16.9. The van der Waals surface area contributed by atoms with Crippen molar-refractivity contribution in [1.82, 2.24) is 29.9 Å². The minimum absolute atomic E-state index is 0.115. The number of rotatable bonds is 14. The van der Waals surface area contributed by atoms with Gasteiger partial charge in [0.1, 0.15) is 0 Å². The Morgan fingerprint density at radius 3 is 0.790 bits per heavy atom. The van der Waals surface area contributed by atoms with Crippen LogP contribution in [0.3, 0.4) is 0 Å². The van der Waals surface area contributed by atoms with Crippen LogP contribution in [0.2, 0.25) is 0 Å². The van der Waals surface area contributed by atoms with Crippen molar-refractivity contribution in [2.75, 3.05) is 0 Å². The van der Waals surface area contributed by atoms with Crippen molar-refractivity contribution in [2.45, 2.75) is 57.8 Å². The van der Waals surface area contributed by atoms with E-state index in [1.807, 2.05) is 84.9 Å². The van der Waals surface area contributed by atoms with Crippen molar-refractivity contribution >= 4 is 38.6 Å². The fraction of sp³-hybridized carbons (Fsp3) is 0.0672. The minimum Gasteiger partial charge on any atom is -0.238 e. The normalized spacial score (nSPS) is 12.7. The van der Waals surface area contributed by atoms with Crippen LogP contribution in [0.25, 0.3) is 227 Å². The first kappa shape index (κ1) is 88.4. The fourth-order valence-corrected chi connectivity index (χ4v) is 21.1. The van der Waals surface area contributed by atoms with Gasteiger partial charge in [-0.15, -0.1) is 0 Å². The van der Waals surface area contributed by atoms with Crippen LogP contribution in [0.4, 0.5) is 17.1 Å². The molecule has 3 heterocycles. The Balaban J connectivity index is 0.000000119. The minimum atomic E-state index is -0.120. The van der Waals surface area contributed by atoms with Crippen molar-refractivity contribution in [3.8, 4) is 191 Å². The van der Waals surface area contributed by atoms with Crippen molar-refractivity contribution in [2.24, 2.45) is 0 Å². The molecule has 3 aromatic heterocycles. The maximum atomic E-state index is 7.60. The van der Waals surface area contributed by atoms with Crippen LogP contribution in [0.5, 0.6) is 0 Å². The lowest BCUT2D eigenvalue weighted by molar-refractivity contribution is 0.660. The molecule has 0 aliphatic heterocycles. The van der Waals surface area contributed by atoms with Crippen molar-refractivity contribution in [1.29, 1.82) is 0 Å². The molecule has 9 heteroatoms. The van der Waals surface area contributed by atoms with E-state index in [2.05, 4.69) is 426 Å². The van der Waals surface area contributed by atoms with Crippen molar-refractivity contribution < 1.29 is 0 Å². The molecule has 0 atom stereocenters. The molecule has 19 aromatic carbocycles. The monoisotopic (exact) mass is 1830 g/mol. The summed E-state index contributed by atoms with van der Waals surface area (Å²) in [4.78, 5) is 41.9. The summed E-state index contributed by atoms with van der Waals surface area (Å²) in [5.41, 5.74) is 42.2. The second-order valence-corrected chi connectivity index (χ2v) is 38.5. The van der Waals surface area contributed by atoms with Gasteiger partial charge in [-0.3, -0.25) is 0 Å². The van der Waals surface area contributed by atoms with Gasteiger partial charge in [0.05, 0.1) is 53.9 Å². The van der Waals surface area contributed by atoms with E-state index in [-0.39, 0.29) is 16.2 Å². The molecule has 0 saturated carbocycles. The van der Waals surface area contributed by atoms with E-state index < -0.39 is 0 Å². The Hall–Kier alpha value is -18.6. The standard InChI is InChI=1S/C46H31N3.2C44H31N3/c1-46(2)41-21-19-34(26-39(41)40-27-38(47-3)20-22-42(40)46)33-13-8-14-35(24-33)43-28-44(36-17-15-29-9-4-6-11-31(29)23-36)49-45(48-43)37-18-16-30-10-5-7-12-32(30)25-37;1-44(2)39-23-21-32(26-37(39)38-27-34(45-3)22-24-40(38)44)31-17-12-18-33(25-31)41-28-42(47-43(46-41)30-15-8-5-9-16-30)36-20-11-10-19-35(36)29-13-6-4-7-14-29;1-44(2)39-23-21-34(26-37(39)38-27-36(45-3)22-24-40(38)44)33-15-10-16-35(25-33)42-28-41(46-43(47-42)32-13-8-5-9-14-32)31-19-17-30(18-20-31)29-11-6-4-7-12-29/h4-28H,1-2H3;2*4-28H,1-2H3. The van der Waals surface area contributed by atoms with Crippen LogP contribution >= 0.6 is 0 Å². The average Bonchev–Trinajstić information content (AvgIpc) is 1.58. The number of benzene rings is 19. The van der Waals surface area contributed by atoms with Crippen molar-refractivity contribution in [3.63, 3.8) is 0 Å². The molecular formula is C134H93N9. The van der Waals surface area contributed by atoms with Gasteiger partial charge in [0, 0.05) is 66.3 Å². The van der Waals surface area contributed by atoms with Crippen LogP contribution < -0.4 is 0 Å². The molecular weight excluding hydrogens is 1740 g/mol. The van der Waals surface area contributed by atoms with E-state index >= 15 is 0 Å². The molecule has 0 radical (unpaired) electrons. The Bertz CT molecular complexity index is 8850. The first-order chi connectivity index (χ1) is 69.9. The summed E-state index contributed by atoms with van der Waals surface area (Å²) in [7, 11) is 0. The summed E-state index contributed by atoms with van der Waals surface area (Å²) < 4.78 is 0. The van der Waals surface area contributed by atoms with E-state index in [0.717, 1.165) is 151 Å². The van der Waals surface area contributed by atoms with Gasteiger partial charge >= 0.3 is 0 Å². The maximum absolute atomic E-state index is 7.60. The molecule has 25 rings (SSSR count). The molecule has 22 aromatic rings. The molecule has 0 bridgehead atoms. The molecule has 0 fully saturated rings. The van der Waals surface area contributed by atoms with E-state index in [1.165, 1.54) is 77.4 Å². The van der Waals surface area contributed by atoms with Gasteiger partial charge in [0.15, 0.2) is 34.5 Å². The molecule has 0 amide bonds. The van der Waals surface area contributed by atoms with Gasteiger partial charge in [-0.05, 0) is 229 Å². The molecule has 0 spiro atoms. The lowest BCUT2D eigenvalue weighted by Gasteiger charge is -2.21. The molecule has 0 saturated heterocycles.